The Hall–Kier alpha value is -1.30. The summed E-state index contributed by atoms with van der Waals surface area (Å²) < 4.78 is 0. The monoisotopic (exact) mass is 399 g/mol. The van der Waals surface area contributed by atoms with Gasteiger partial charge < -0.3 is 10.2 Å². The fraction of sp³-hybridized carbons (Fsp3) is 0.579. The second-order valence-corrected chi connectivity index (χ2v) is 7.92. The van der Waals surface area contributed by atoms with Crippen LogP contribution in [0.15, 0.2) is 18.2 Å². The van der Waals surface area contributed by atoms with Crippen LogP contribution in [-0.4, -0.2) is 53.3 Å². The van der Waals surface area contributed by atoms with Crippen molar-refractivity contribution >= 4 is 40.7 Å². The smallest absolute Gasteiger partial charge is 0.240 e. The van der Waals surface area contributed by atoms with Crippen molar-refractivity contribution in [2.24, 2.45) is 0 Å². The molecule has 0 radical (unpaired) electrons. The van der Waals surface area contributed by atoms with Gasteiger partial charge in [-0.15, -0.1) is 0 Å². The molecule has 0 aromatic heterocycles. The average Bonchev–Trinajstić information content (AvgIpc) is 2.57. The van der Waals surface area contributed by atoms with E-state index in [9.17, 15) is 9.59 Å². The first-order valence-electron chi connectivity index (χ1n) is 8.98. The number of amides is 2. The number of para-hydroxylation sites is 1. The van der Waals surface area contributed by atoms with Gasteiger partial charge in [0.25, 0.3) is 0 Å². The van der Waals surface area contributed by atoms with Crippen LogP contribution in [0.5, 0.6) is 0 Å². The van der Waals surface area contributed by atoms with E-state index >= 15 is 0 Å². The van der Waals surface area contributed by atoms with Gasteiger partial charge in [0.05, 0.1) is 28.3 Å². The largest absolute Gasteiger partial charge is 0.336 e. The first kappa shape index (κ1) is 21.0. The molecule has 2 amide bonds. The maximum atomic E-state index is 12.9. The molecule has 0 saturated carbocycles. The third-order valence-electron chi connectivity index (χ3n) is 5.09. The summed E-state index contributed by atoms with van der Waals surface area (Å²) >= 11 is 12.2. The fourth-order valence-electron chi connectivity index (χ4n) is 3.42. The molecule has 1 aromatic carbocycles. The number of piperidine rings is 1. The number of nitrogens with zero attached hydrogens (tertiary/aromatic N) is 2. The van der Waals surface area contributed by atoms with Gasteiger partial charge in [-0.2, -0.15) is 0 Å². The van der Waals surface area contributed by atoms with Crippen molar-refractivity contribution < 1.29 is 9.59 Å². The molecule has 0 unspecified atom stereocenters. The topological polar surface area (TPSA) is 52.7 Å². The Kier molecular flexibility index (Phi) is 7.33. The highest BCUT2D eigenvalue weighted by Gasteiger charge is 2.33. The Balaban J connectivity index is 1.98. The van der Waals surface area contributed by atoms with Crippen molar-refractivity contribution in [2.45, 2.75) is 58.2 Å². The number of likely N-dealkylation sites (tertiary alicyclic amines) is 1. The van der Waals surface area contributed by atoms with Crippen LogP contribution in [0, 0.1) is 0 Å². The molecule has 1 fully saturated rings. The highest BCUT2D eigenvalue weighted by atomic mass is 35.5. The van der Waals surface area contributed by atoms with Crippen molar-refractivity contribution in [3.63, 3.8) is 0 Å². The van der Waals surface area contributed by atoms with E-state index in [1.807, 2.05) is 11.8 Å². The van der Waals surface area contributed by atoms with Gasteiger partial charge in [-0.1, -0.05) is 29.3 Å². The molecule has 1 N–H and O–H groups in total. The third kappa shape index (κ3) is 4.90. The molecule has 0 spiro atoms. The van der Waals surface area contributed by atoms with Crippen molar-refractivity contribution in [3.8, 4) is 0 Å². The zero-order valence-electron chi connectivity index (χ0n) is 15.8. The van der Waals surface area contributed by atoms with E-state index in [1.165, 1.54) is 0 Å². The van der Waals surface area contributed by atoms with E-state index in [-0.39, 0.29) is 36.5 Å². The number of rotatable bonds is 5. The van der Waals surface area contributed by atoms with Crippen molar-refractivity contribution in [1.82, 2.24) is 9.80 Å². The Morgan fingerprint density at radius 2 is 1.77 bits per heavy atom. The molecular weight excluding hydrogens is 373 g/mol. The van der Waals surface area contributed by atoms with Gasteiger partial charge in [0.1, 0.15) is 0 Å². The minimum atomic E-state index is -0.384. The number of likely N-dealkylation sites (N-methyl/N-ethyl adjacent to an activating group) is 1. The molecule has 3 atom stereocenters. The van der Waals surface area contributed by atoms with Crippen LogP contribution in [0.1, 0.15) is 40.0 Å². The zero-order chi connectivity index (χ0) is 19.4. The average molecular weight is 400 g/mol. The number of nitrogens with one attached hydrogen (secondary N) is 1. The third-order valence-corrected chi connectivity index (χ3v) is 5.72. The van der Waals surface area contributed by atoms with Crippen LogP contribution < -0.4 is 5.32 Å². The molecule has 5 nitrogen and oxygen atoms in total. The van der Waals surface area contributed by atoms with Crippen LogP contribution >= 0.6 is 23.2 Å². The molecule has 2 rings (SSSR count). The quantitative estimate of drug-likeness (QED) is 0.812. The molecule has 7 heteroatoms. The van der Waals surface area contributed by atoms with Crippen molar-refractivity contribution in [1.29, 1.82) is 0 Å². The van der Waals surface area contributed by atoms with Crippen LogP contribution in [0.3, 0.4) is 0 Å². The van der Waals surface area contributed by atoms with Gasteiger partial charge >= 0.3 is 0 Å². The molecule has 144 valence electrons. The lowest BCUT2D eigenvalue weighted by Gasteiger charge is -2.41. The normalized spacial score (nSPS) is 21.6. The van der Waals surface area contributed by atoms with Gasteiger partial charge in [-0.3, -0.25) is 14.5 Å². The Morgan fingerprint density at radius 3 is 2.31 bits per heavy atom. The van der Waals surface area contributed by atoms with E-state index in [0.29, 0.717) is 15.7 Å². The van der Waals surface area contributed by atoms with Crippen LogP contribution in [0.4, 0.5) is 5.69 Å². The van der Waals surface area contributed by atoms with E-state index in [1.54, 1.807) is 30.1 Å². The maximum Gasteiger partial charge on any atom is 0.240 e. The molecule has 1 aliphatic heterocycles. The summed E-state index contributed by atoms with van der Waals surface area (Å²) in [5.74, 6) is -0.197. The van der Waals surface area contributed by atoms with Gasteiger partial charge in [-0.25, -0.2) is 0 Å². The minimum absolute atomic E-state index is 0.0655. The van der Waals surface area contributed by atoms with Crippen LogP contribution in [0.25, 0.3) is 0 Å². The summed E-state index contributed by atoms with van der Waals surface area (Å²) in [4.78, 5) is 29.0. The lowest BCUT2D eigenvalue weighted by Crippen LogP contribution is -2.54. The van der Waals surface area contributed by atoms with Gasteiger partial charge in [0.15, 0.2) is 0 Å². The van der Waals surface area contributed by atoms with E-state index in [4.69, 9.17) is 23.2 Å². The van der Waals surface area contributed by atoms with Crippen LogP contribution in [0.2, 0.25) is 10.0 Å². The molecule has 1 heterocycles. The molecule has 1 aliphatic rings. The predicted molar refractivity (Wildman–Crippen MR) is 107 cm³/mol. The van der Waals surface area contributed by atoms with Gasteiger partial charge in [0.2, 0.25) is 11.8 Å². The Morgan fingerprint density at radius 1 is 1.23 bits per heavy atom. The first-order chi connectivity index (χ1) is 12.2. The summed E-state index contributed by atoms with van der Waals surface area (Å²) in [5, 5.41) is 3.50. The molecule has 1 aromatic rings. The summed E-state index contributed by atoms with van der Waals surface area (Å²) in [7, 11) is 1.77. The molecule has 0 bridgehead atoms. The van der Waals surface area contributed by atoms with Crippen molar-refractivity contribution in [3.05, 3.63) is 28.2 Å². The molecular formula is C19H27Cl2N3O2. The van der Waals surface area contributed by atoms with Crippen LogP contribution in [-0.2, 0) is 9.59 Å². The molecule has 1 saturated heterocycles. The minimum Gasteiger partial charge on any atom is -0.336 e. The molecule has 26 heavy (non-hydrogen) atoms. The zero-order valence-corrected chi connectivity index (χ0v) is 17.3. The van der Waals surface area contributed by atoms with Crippen molar-refractivity contribution in [2.75, 3.05) is 18.9 Å². The SMILES string of the molecule is C[C@H](C(=O)N1[C@H](C)CCC[C@H]1C)N(C)CC(=O)Nc1c(Cl)cccc1Cl. The second kappa shape index (κ2) is 9.07. The summed E-state index contributed by atoms with van der Waals surface area (Å²) in [5.41, 5.74) is 0.395. The summed E-state index contributed by atoms with van der Waals surface area (Å²) in [6, 6.07) is 5.13. The number of carbonyl (C=O) groups excluding carboxylic acids is 2. The second-order valence-electron chi connectivity index (χ2n) is 7.11. The number of anilines is 1. The van der Waals surface area contributed by atoms with Gasteiger partial charge in [-0.05, 0) is 59.2 Å². The number of hydrogen-bond donors (Lipinski definition) is 1. The number of hydrogen-bond acceptors (Lipinski definition) is 3. The number of carbonyl (C=O) groups is 2. The van der Waals surface area contributed by atoms with Gasteiger partial charge in [0, 0.05) is 12.1 Å². The molecule has 0 aliphatic carbocycles. The number of halogens is 2. The summed E-state index contributed by atoms with van der Waals surface area (Å²) in [6.07, 6.45) is 3.20. The standard InChI is InChI=1S/C19H27Cl2N3O2/c1-12-7-5-8-13(2)24(12)19(26)14(3)23(4)11-17(25)22-18-15(20)9-6-10-16(18)21/h6,9-10,12-14H,5,7-8,11H2,1-4H3,(H,22,25)/t12-,13-,14-/m1/s1. The van der Waals surface area contributed by atoms with E-state index < -0.39 is 0 Å². The Bertz CT molecular complexity index is 638. The predicted octanol–water partition coefficient (Wildman–Crippen LogP) is 4.04. The number of benzene rings is 1. The Labute approximate surface area is 165 Å². The highest BCUT2D eigenvalue weighted by Crippen LogP contribution is 2.29. The van der Waals surface area contributed by atoms with E-state index in [0.717, 1.165) is 19.3 Å². The summed E-state index contributed by atoms with van der Waals surface area (Å²) in [6.45, 7) is 6.09. The van der Waals surface area contributed by atoms with E-state index in [2.05, 4.69) is 19.2 Å². The highest BCUT2D eigenvalue weighted by molar-refractivity contribution is 6.39. The lowest BCUT2D eigenvalue weighted by molar-refractivity contribution is -0.142. The first-order valence-corrected chi connectivity index (χ1v) is 9.74. The lowest BCUT2D eigenvalue weighted by atomic mass is 9.96. The fourth-order valence-corrected chi connectivity index (χ4v) is 3.91. The maximum absolute atomic E-state index is 12.9.